The van der Waals surface area contributed by atoms with E-state index in [-0.39, 0.29) is 0 Å². The molecule has 1 aromatic carbocycles. The van der Waals surface area contributed by atoms with Crippen molar-refractivity contribution < 1.29 is 9.47 Å². The Morgan fingerprint density at radius 1 is 1.19 bits per heavy atom. The van der Waals surface area contributed by atoms with Crippen LogP contribution in [-0.2, 0) is 6.54 Å². The molecule has 21 heavy (non-hydrogen) atoms. The van der Waals surface area contributed by atoms with Gasteiger partial charge in [0, 0.05) is 6.54 Å². The quantitative estimate of drug-likeness (QED) is 0.779. The third-order valence-electron chi connectivity index (χ3n) is 3.94. The highest BCUT2D eigenvalue weighted by Crippen LogP contribution is 2.38. The molecule has 118 valence electrons. The molecule has 3 nitrogen and oxygen atoms in total. The van der Waals surface area contributed by atoms with Crippen LogP contribution in [0, 0.1) is 5.92 Å². The van der Waals surface area contributed by atoms with Gasteiger partial charge in [-0.1, -0.05) is 19.3 Å². The second kappa shape index (κ2) is 8.64. The Labute approximate surface area is 136 Å². The zero-order valence-corrected chi connectivity index (χ0v) is 14.7. The summed E-state index contributed by atoms with van der Waals surface area (Å²) >= 11 is 3.63. The summed E-state index contributed by atoms with van der Waals surface area (Å²) in [6, 6.07) is 4.18. The van der Waals surface area contributed by atoms with Crippen LogP contribution in [0.5, 0.6) is 11.5 Å². The van der Waals surface area contributed by atoms with Crippen LogP contribution in [0.2, 0.25) is 0 Å². The van der Waals surface area contributed by atoms with Crippen LogP contribution < -0.4 is 14.8 Å². The van der Waals surface area contributed by atoms with Crippen LogP contribution >= 0.6 is 15.9 Å². The minimum Gasteiger partial charge on any atom is -0.490 e. The van der Waals surface area contributed by atoms with Crippen molar-refractivity contribution in [3.05, 3.63) is 22.2 Å². The first-order valence-electron chi connectivity index (χ1n) is 7.97. The SMILES string of the molecule is CCOc1cc(CNC)cc(Br)c1OCC1CCCCC1. The first kappa shape index (κ1) is 16.6. The van der Waals surface area contributed by atoms with Gasteiger partial charge in [-0.15, -0.1) is 0 Å². The summed E-state index contributed by atoms with van der Waals surface area (Å²) in [6.07, 6.45) is 6.64. The van der Waals surface area contributed by atoms with Crippen LogP contribution in [-0.4, -0.2) is 20.3 Å². The van der Waals surface area contributed by atoms with E-state index in [0.29, 0.717) is 12.5 Å². The molecule has 4 heteroatoms. The molecule has 0 saturated heterocycles. The Balaban J connectivity index is 2.08. The van der Waals surface area contributed by atoms with Crippen molar-refractivity contribution in [1.29, 1.82) is 0 Å². The van der Waals surface area contributed by atoms with Gasteiger partial charge in [0.05, 0.1) is 17.7 Å². The summed E-state index contributed by atoms with van der Waals surface area (Å²) in [5.74, 6) is 2.38. The predicted octanol–water partition coefficient (Wildman–Crippen LogP) is 4.53. The Kier molecular flexibility index (Phi) is 6.84. The van der Waals surface area contributed by atoms with Gasteiger partial charge in [0.1, 0.15) is 0 Å². The van der Waals surface area contributed by atoms with Gasteiger partial charge in [0.15, 0.2) is 11.5 Å². The first-order chi connectivity index (χ1) is 10.2. The summed E-state index contributed by atoms with van der Waals surface area (Å²) in [4.78, 5) is 0. The standard InChI is InChI=1S/C17H26BrNO2/c1-3-20-16-10-14(11-19-2)9-15(18)17(16)21-12-13-7-5-4-6-8-13/h9-10,13,19H,3-8,11-12H2,1-2H3. The molecule has 0 unspecified atom stereocenters. The predicted molar refractivity (Wildman–Crippen MR) is 90.1 cm³/mol. The van der Waals surface area contributed by atoms with Crippen molar-refractivity contribution >= 4 is 15.9 Å². The van der Waals surface area contributed by atoms with Gasteiger partial charge in [0.2, 0.25) is 0 Å². The normalized spacial score (nSPS) is 16.0. The van der Waals surface area contributed by atoms with Crippen LogP contribution in [0.1, 0.15) is 44.6 Å². The van der Waals surface area contributed by atoms with Gasteiger partial charge in [-0.25, -0.2) is 0 Å². The van der Waals surface area contributed by atoms with E-state index in [9.17, 15) is 0 Å². The lowest BCUT2D eigenvalue weighted by atomic mass is 9.90. The molecule has 0 amide bonds. The molecule has 0 radical (unpaired) electrons. The maximum atomic E-state index is 6.10. The highest BCUT2D eigenvalue weighted by molar-refractivity contribution is 9.10. The van der Waals surface area contributed by atoms with E-state index in [1.807, 2.05) is 14.0 Å². The number of rotatable bonds is 7. The smallest absolute Gasteiger partial charge is 0.175 e. The van der Waals surface area contributed by atoms with Crippen molar-refractivity contribution in [1.82, 2.24) is 5.32 Å². The highest BCUT2D eigenvalue weighted by Gasteiger charge is 2.17. The Hall–Kier alpha value is -0.740. The number of hydrogen-bond acceptors (Lipinski definition) is 3. The van der Waals surface area contributed by atoms with Gasteiger partial charge < -0.3 is 14.8 Å². The molecule has 1 N–H and O–H groups in total. The van der Waals surface area contributed by atoms with Crippen molar-refractivity contribution in [3.8, 4) is 11.5 Å². The van der Waals surface area contributed by atoms with Gasteiger partial charge >= 0.3 is 0 Å². The van der Waals surface area contributed by atoms with E-state index < -0.39 is 0 Å². The molecule has 0 spiro atoms. The molecule has 0 bridgehead atoms. The molecule has 0 heterocycles. The van der Waals surface area contributed by atoms with E-state index in [4.69, 9.17) is 9.47 Å². The Morgan fingerprint density at radius 3 is 2.62 bits per heavy atom. The lowest BCUT2D eigenvalue weighted by Gasteiger charge is -2.23. The number of halogens is 1. The van der Waals surface area contributed by atoms with Crippen molar-refractivity contribution in [2.45, 2.75) is 45.6 Å². The lowest BCUT2D eigenvalue weighted by Crippen LogP contribution is -2.16. The highest BCUT2D eigenvalue weighted by atomic mass is 79.9. The Bertz CT molecular complexity index is 445. The van der Waals surface area contributed by atoms with Gasteiger partial charge in [-0.05, 0) is 66.4 Å². The largest absolute Gasteiger partial charge is 0.490 e. The molecule has 1 aromatic rings. The minimum atomic E-state index is 0.648. The molecular weight excluding hydrogens is 330 g/mol. The van der Waals surface area contributed by atoms with Crippen molar-refractivity contribution in [2.75, 3.05) is 20.3 Å². The summed E-state index contributed by atoms with van der Waals surface area (Å²) in [7, 11) is 1.95. The molecule has 1 aliphatic rings. The van der Waals surface area contributed by atoms with Crippen LogP contribution in [0.3, 0.4) is 0 Å². The average molecular weight is 356 g/mol. The third-order valence-corrected chi connectivity index (χ3v) is 4.53. The maximum Gasteiger partial charge on any atom is 0.175 e. The number of nitrogens with one attached hydrogen (secondary N) is 1. The fourth-order valence-electron chi connectivity index (χ4n) is 2.89. The summed E-state index contributed by atoms with van der Waals surface area (Å²) in [6.45, 7) is 4.27. The fraction of sp³-hybridized carbons (Fsp3) is 0.647. The van der Waals surface area contributed by atoms with E-state index in [1.165, 1.54) is 37.7 Å². The zero-order valence-electron chi connectivity index (χ0n) is 13.1. The topological polar surface area (TPSA) is 30.5 Å². The molecule has 0 aromatic heterocycles. The first-order valence-corrected chi connectivity index (χ1v) is 8.76. The lowest BCUT2D eigenvalue weighted by molar-refractivity contribution is 0.198. The summed E-state index contributed by atoms with van der Waals surface area (Å²) in [5, 5.41) is 3.17. The number of benzene rings is 1. The van der Waals surface area contributed by atoms with Crippen LogP contribution in [0.15, 0.2) is 16.6 Å². The van der Waals surface area contributed by atoms with Crippen molar-refractivity contribution in [2.24, 2.45) is 5.92 Å². The van der Waals surface area contributed by atoms with Gasteiger partial charge in [-0.2, -0.15) is 0 Å². The second-order valence-corrected chi connectivity index (χ2v) is 6.54. The number of hydrogen-bond donors (Lipinski definition) is 1. The summed E-state index contributed by atoms with van der Waals surface area (Å²) < 4.78 is 12.8. The molecule has 1 fully saturated rings. The van der Waals surface area contributed by atoms with E-state index >= 15 is 0 Å². The van der Waals surface area contributed by atoms with E-state index in [2.05, 4.69) is 33.4 Å². The van der Waals surface area contributed by atoms with Gasteiger partial charge in [-0.3, -0.25) is 0 Å². The average Bonchev–Trinajstić information content (AvgIpc) is 2.48. The molecule has 1 saturated carbocycles. The molecular formula is C17H26BrNO2. The fourth-order valence-corrected chi connectivity index (χ4v) is 3.49. The van der Waals surface area contributed by atoms with E-state index in [0.717, 1.165) is 29.1 Å². The van der Waals surface area contributed by atoms with Crippen LogP contribution in [0.25, 0.3) is 0 Å². The Morgan fingerprint density at radius 2 is 1.95 bits per heavy atom. The minimum absolute atomic E-state index is 0.648. The molecule has 0 aliphatic heterocycles. The maximum absolute atomic E-state index is 6.10. The van der Waals surface area contributed by atoms with Crippen LogP contribution in [0.4, 0.5) is 0 Å². The second-order valence-electron chi connectivity index (χ2n) is 5.68. The molecule has 2 rings (SSSR count). The number of ether oxygens (including phenoxy) is 2. The summed E-state index contributed by atoms with van der Waals surface area (Å²) in [5.41, 5.74) is 1.19. The molecule has 0 atom stereocenters. The van der Waals surface area contributed by atoms with Gasteiger partial charge in [0.25, 0.3) is 0 Å². The van der Waals surface area contributed by atoms with E-state index in [1.54, 1.807) is 0 Å². The third kappa shape index (κ3) is 4.89. The zero-order chi connectivity index (χ0) is 15.1. The van der Waals surface area contributed by atoms with Crippen molar-refractivity contribution in [3.63, 3.8) is 0 Å². The monoisotopic (exact) mass is 355 g/mol. The molecule has 1 aliphatic carbocycles.